The number of H-pyrrole nitrogens is 1. The van der Waals surface area contributed by atoms with Crippen LogP contribution in [-0.4, -0.2) is 51.5 Å². The third kappa shape index (κ3) is 3.96. The number of halogens is 1. The van der Waals surface area contributed by atoms with Crippen molar-refractivity contribution in [1.82, 2.24) is 19.9 Å². The summed E-state index contributed by atoms with van der Waals surface area (Å²) in [6.07, 6.45) is 5.02. The van der Waals surface area contributed by atoms with Crippen molar-refractivity contribution in [2.24, 2.45) is 0 Å². The Kier molecular flexibility index (Phi) is 5.14. The van der Waals surface area contributed by atoms with Gasteiger partial charge in [0, 0.05) is 42.8 Å². The Morgan fingerprint density at radius 3 is 2.75 bits per heavy atom. The minimum Gasteiger partial charge on any atom is -0.353 e. The molecule has 1 atom stereocenters. The Morgan fingerprint density at radius 2 is 2.00 bits per heavy atom. The third-order valence-corrected chi connectivity index (χ3v) is 5.60. The lowest BCUT2D eigenvalue weighted by atomic mass is 10.2. The van der Waals surface area contributed by atoms with Crippen molar-refractivity contribution >= 4 is 34.3 Å². The van der Waals surface area contributed by atoms with Crippen LogP contribution in [0.2, 0.25) is 0 Å². The monoisotopic (exact) mass is 431 g/mol. The number of carbonyl (C=O) groups is 1. The molecule has 2 N–H and O–H groups in total. The van der Waals surface area contributed by atoms with Crippen molar-refractivity contribution in [2.75, 3.05) is 34.8 Å². The van der Waals surface area contributed by atoms with Gasteiger partial charge in [0.05, 0.1) is 12.4 Å². The van der Waals surface area contributed by atoms with E-state index in [0.29, 0.717) is 22.4 Å². The predicted octanol–water partition coefficient (Wildman–Crippen LogP) is 3.46. The summed E-state index contributed by atoms with van der Waals surface area (Å²) in [7, 11) is 0. The molecule has 4 aromatic rings. The van der Waals surface area contributed by atoms with E-state index in [0.717, 1.165) is 31.3 Å². The number of fused-ring (bicyclic) bond motifs is 1. The lowest BCUT2D eigenvalue weighted by Crippen LogP contribution is -2.52. The van der Waals surface area contributed by atoms with E-state index in [1.807, 2.05) is 18.2 Å². The van der Waals surface area contributed by atoms with Gasteiger partial charge in [0.15, 0.2) is 5.82 Å². The van der Waals surface area contributed by atoms with Crippen molar-refractivity contribution in [3.05, 3.63) is 72.6 Å². The number of amides is 1. The number of nitrogens with zero attached hydrogens (tertiary/aromatic N) is 5. The Hall–Kier alpha value is -4.01. The van der Waals surface area contributed by atoms with Crippen LogP contribution in [-0.2, 0) is 0 Å². The zero-order chi connectivity index (χ0) is 22.1. The third-order valence-electron chi connectivity index (χ3n) is 5.60. The van der Waals surface area contributed by atoms with Crippen LogP contribution in [0.1, 0.15) is 17.4 Å². The van der Waals surface area contributed by atoms with Crippen LogP contribution in [0, 0.1) is 5.82 Å². The van der Waals surface area contributed by atoms with Crippen molar-refractivity contribution in [2.45, 2.75) is 13.0 Å². The fourth-order valence-corrected chi connectivity index (χ4v) is 3.99. The molecule has 1 aromatic carbocycles. The number of pyridine rings is 1. The average Bonchev–Trinajstić information content (AvgIpc) is 3.24. The first kappa shape index (κ1) is 19.9. The highest BCUT2D eigenvalue weighted by Gasteiger charge is 2.25. The number of aromatic nitrogens is 4. The van der Waals surface area contributed by atoms with Crippen LogP contribution < -0.4 is 15.1 Å². The standard InChI is InChI=1S/C23H22FN7O/c1-15-14-30(21-4-2-3-7-25-21)8-9-31(15)22-13-26-20(12-27-22)29-23(32)19-11-16-10-17(24)5-6-18(16)28-19/h2-7,10-13,15,28H,8-9,14H2,1H3,(H,26,29,32)/t15-/m0/s1. The maximum atomic E-state index is 13.4. The first-order valence-corrected chi connectivity index (χ1v) is 10.4. The molecule has 3 aromatic heterocycles. The number of piperazine rings is 1. The minimum absolute atomic E-state index is 0.229. The molecule has 162 valence electrons. The van der Waals surface area contributed by atoms with Gasteiger partial charge in [-0.05, 0) is 43.3 Å². The van der Waals surface area contributed by atoms with Gasteiger partial charge in [0.1, 0.15) is 23.1 Å². The van der Waals surface area contributed by atoms with Gasteiger partial charge < -0.3 is 20.1 Å². The SMILES string of the molecule is C[C@H]1CN(c2ccccn2)CCN1c1cnc(NC(=O)c2cc3cc(F)ccc3[nH]2)cn1. The van der Waals surface area contributed by atoms with Crippen LogP contribution in [0.15, 0.2) is 61.1 Å². The molecule has 9 heteroatoms. The molecule has 1 amide bonds. The molecule has 1 aliphatic rings. The Morgan fingerprint density at radius 1 is 1.09 bits per heavy atom. The number of nitrogens with one attached hydrogen (secondary N) is 2. The summed E-state index contributed by atoms with van der Waals surface area (Å²) >= 11 is 0. The van der Waals surface area contributed by atoms with Gasteiger partial charge in [-0.1, -0.05) is 6.07 Å². The van der Waals surface area contributed by atoms with E-state index in [1.54, 1.807) is 30.7 Å². The lowest BCUT2D eigenvalue weighted by Gasteiger charge is -2.40. The van der Waals surface area contributed by atoms with Gasteiger partial charge >= 0.3 is 0 Å². The van der Waals surface area contributed by atoms with E-state index < -0.39 is 0 Å². The highest BCUT2D eigenvalue weighted by atomic mass is 19.1. The fourth-order valence-electron chi connectivity index (χ4n) is 3.99. The molecular weight excluding hydrogens is 409 g/mol. The first-order valence-electron chi connectivity index (χ1n) is 10.4. The Bertz CT molecular complexity index is 1240. The van der Waals surface area contributed by atoms with E-state index in [1.165, 1.54) is 12.1 Å². The molecule has 0 bridgehead atoms. The number of aromatic amines is 1. The summed E-state index contributed by atoms with van der Waals surface area (Å²) in [5.74, 6) is 1.38. The highest BCUT2D eigenvalue weighted by molar-refractivity contribution is 6.05. The molecule has 1 fully saturated rings. The van der Waals surface area contributed by atoms with Crippen LogP contribution in [0.5, 0.6) is 0 Å². The topological polar surface area (TPSA) is 90.0 Å². The molecule has 0 spiro atoms. The molecule has 1 aliphatic heterocycles. The molecule has 0 unspecified atom stereocenters. The quantitative estimate of drug-likeness (QED) is 0.514. The molecule has 4 heterocycles. The minimum atomic E-state index is -0.360. The van der Waals surface area contributed by atoms with Gasteiger partial charge in [0.25, 0.3) is 5.91 Å². The van der Waals surface area contributed by atoms with Crippen molar-refractivity contribution in [3.63, 3.8) is 0 Å². The van der Waals surface area contributed by atoms with E-state index in [9.17, 15) is 9.18 Å². The van der Waals surface area contributed by atoms with Gasteiger partial charge in [-0.15, -0.1) is 0 Å². The van der Waals surface area contributed by atoms with Gasteiger partial charge in [-0.25, -0.2) is 19.3 Å². The Labute approximate surface area is 184 Å². The summed E-state index contributed by atoms with van der Waals surface area (Å²) in [5, 5.41) is 3.37. The van der Waals surface area contributed by atoms with E-state index in [-0.39, 0.29) is 17.8 Å². The molecule has 8 nitrogen and oxygen atoms in total. The largest absolute Gasteiger partial charge is 0.353 e. The van der Waals surface area contributed by atoms with Gasteiger partial charge in [-0.2, -0.15) is 0 Å². The maximum absolute atomic E-state index is 13.4. The van der Waals surface area contributed by atoms with E-state index in [2.05, 4.69) is 42.0 Å². The van der Waals surface area contributed by atoms with E-state index >= 15 is 0 Å². The number of hydrogen-bond acceptors (Lipinski definition) is 6. The number of carbonyl (C=O) groups excluding carboxylic acids is 1. The van der Waals surface area contributed by atoms with Crippen molar-refractivity contribution in [3.8, 4) is 0 Å². The second kappa shape index (κ2) is 8.26. The molecule has 0 radical (unpaired) electrons. The fraction of sp³-hybridized carbons (Fsp3) is 0.217. The number of rotatable bonds is 4. The number of anilines is 3. The Balaban J connectivity index is 1.24. The predicted molar refractivity (Wildman–Crippen MR) is 121 cm³/mol. The molecule has 32 heavy (non-hydrogen) atoms. The second-order valence-electron chi connectivity index (χ2n) is 7.80. The van der Waals surface area contributed by atoms with Crippen molar-refractivity contribution < 1.29 is 9.18 Å². The first-order chi connectivity index (χ1) is 15.6. The van der Waals surface area contributed by atoms with Crippen LogP contribution in [0.4, 0.5) is 21.8 Å². The molecule has 0 aliphatic carbocycles. The molecule has 0 saturated carbocycles. The van der Waals surface area contributed by atoms with Gasteiger partial charge in [-0.3, -0.25) is 4.79 Å². The van der Waals surface area contributed by atoms with Crippen molar-refractivity contribution in [1.29, 1.82) is 0 Å². The van der Waals surface area contributed by atoms with Gasteiger partial charge in [0.2, 0.25) is 0 Å². The smallest absolute Gasteiger partial charge is 0.273 e. The second-order valence-corrected chi connectivity index (χ2v) is 7.80. The summed E-state index contributed by atoms with van der Waals surface area (Å²) in [6, 6.07) is 12.1. The zero-order valence-electron chi connectivity index (χ0n) is 17.5. The number of hydrogen-bond donors (Lipinski definition) is 2. The normalized spacial score (nSPS) is 16.4. The summed E-state index contributed by atoms with van der Waals surface area (Å²) in [5.41, 5.74) is 1.02. The summed E-state index contributed by atoms with van der Waals surface area (Å²) in [6.45, 7) is 4.61. The average molecular weight is 431 g/mol. The van der Waals surface area contributed by atoms with E-state index in [4.69, 9.17) is 0 Å². The molecule has 5 rings (SSSR count). The lowest BCUT2D eigenvalue weighted by molar-refractivity contribution is 0.102. The highest BCUT2D eigenvalue weighted by Crippen LogP contribution is 2.22. The van der Waals surface area contributed by atoms with Crippen LogP contribution >= 0.6 is 0 Å². The zero-order valence-corrected chi connectivity index (χ0v) is 17.5. The maximum Gasteiger partial charge on any atom is 0.273 e. The number of benzene rings is 1. The summed E-state index contributed by atoms with van der Waals surface area (Å²) in [4.78, 5) is 33.3. The van der Waals surface area contributed by atoms with Crippen LogP contribution in [0.25, 0.3) is 10.9 Å². The molecule has 1 saturated heterocycles. The van der Waals surface area contributed by atoms with Crippen LogP contribution in [0.3, 0.4) is 0 Å². The molecular formula is C23H22FN7O. The summed E-state index contributed by atoms with van der Waals surface area (Å²) < 4.78 is 13.4.